The van der Waals surface area contributed by atoms with Gasteiger partial charge in [-0.05, 0) is 24.6 Å². The average molecular weight is 317 g/mol. The Labute approximate surface area is 135 Å². The Bertz CT molecular complexity index is 628. The molecule has 1 N–H and O–H groups in total. The van der Waals surface area contributed by atoms with Crippen LogP contribution in [0.15, 0.2) is 53.4 Å². The number of thioether (sulfide) groups is 1. The number of benzene rings is 2. The van der Waals surface area contributed by atoms with E-state index >= 15 is 0 Å². The van der Waals surface area contributed by atoms with Gasteiger partial charge >= 0.3 is 0 Å². The third-order valence-electron chi connectivity index (χ3n) is 3.85. The van der Waals surface area contributed by atoms with E-state index in [1.54, 1.807) is 17.8 Å². The van der Waals surface area contributed by atoms with E-state index in [1.807, 2.05) is 24.3 Å². The summed E-state index contributed by atoms with van der Waals surface area (Å²) < 4.78 is 20.2. The summed E-state index contributed by atoms with van der Waals surface area (Å²) in [6.07, 6.45) is -0.0322. The fourth-order valence-corrected chi connectivity index (χ4v) is 3.98. The van der Waals surface area contributed by atoms with Gasteiger partial charge in [0.15, 0.2) is 0 Å². The van der Waals surface area contributed by atoms with Crippen LogP contribution in [0.3, 0.4) is 0 Å². The van der Waals surface area contributed by atoms with Crippen LogP contribution in [-0.2, 0) is 4.74 Å². The standard InChI is InChI=1S/C18H20FNOS/c1-13-6-2-5-9-17(13)22-18(16-12-20-10-11-21-16)14-7-3-4-8-15(14)19/h2-9,16,18,20H,10-12H2,1H3/t16-,18-/m0/s1. The van der Waals surface area contributed by atoms with Crippen LogP contribution in [0.5, 0.6) is 0 Å². The Hall–Kier alpha value is -1.36. The predicted octanol–water partition coefficient (Wildman–Crippen LogP) is 3.96. The molecule has 2 aromatic carbocycles. The summed E-state index contributed by atoms with van der Waals surface area (Å²) >= 11 is 1.68. The third kappa shape index (κ3) is 3.51. The molecule has 1 aliphatic heterocycles. The second kappa shape index (κ2) is 7.27. The summed E-state index contributed by atoms with van der Waals surface area (Å²) in [6.45, 7) is 4.36. The largest absolute Gasteiger partial charge is 0.374 e. The highest BCUT2D eigenvalue weighted by atomic mass is 32.2. The Kier molecular flexibility index (Phi) is 5.13. The Morgan fingerprint density at radius 3 is 2.68 bits per heavy atom. The van der Waals surface area contributed by atoms with Gasteiger partial charge in [0.05, 0.1) is 18.0 Å². The van der Waals surface area contributed by atoms with Crippen molar-refractivity contribution in [3.05, 3.63) is 65.5 Å². The van der Waals surface area contributed by atoms with Crippen LogP contribution in [0.2, 0.25) is 0 Å². The first-order chi connectivity index (χ1) is 10.8. The van der Waals surface area contributed by atoms with Crippen molar-refractivity contribution < 1.29 is 9.13 Å². The lowest BCUT2D eigenvalue weighted by molar-refractivity contribution is 0.0268. The van der Waals surface area contributed by atoms with Crippen LogP contribution in [0.25, 0.3) is 0 Å². The van der Waals surface area contributed by atoms with E-state index in [0.29, 0.717) is 12.2 Å². The lowest BCUT2D eigenvalue weighted by atomic mass is 10.1. The molecule has 2 nitrogen and oxygen atoms in total. The van der Waals surface area contributed by atoms with E-state index in [-0.39, 0.29) is 17.2 Å². The van der Waals surface area contributed by atoms with Crippen LogP contribution >= 0.6 is 11.8 Å². The van der Waals surface area contributed by atoms with Gasteiger partial charge in [-0.3, -0.25) is 0 Å². The molecule has 1 aliphatic rings. The van der Waals surface area contributed by atoms with Crippen molar-refractivity contribution in [2.24, 2.45) is 0 Å². The van der Waals surface area contributed by atoms with E-state index in [2.05, 4.69) is 24.4 Å². The summed E-state index contributed by atoms with van der Waals surface area (Å²) in [5.41, 5.74) is 1.92. The molecule has 2 aromatic rings. The van der Waals surface area contributed by atoms with E-state index in [0.717, 1.165) is 13.1 Å². The molecule has 22 heavy (non-hydrogen) atoms. The summed E-state index contributed by atoms with van der Waals surface area (Å²) in [7, 11) is 0. The summed E-state index contributed by atoms with van der Waals surface area (Å²) in [5, 5.41) is 3.28. The Morgan fingerprint density at radius 2 is 1.95 bits per heavy atom. The fraction of sp³-hybridized carbons (Fsp3) is 0.333. The summed E-state index contributed by atoms with van der Waals surface area (Å²) in [4.78, 5) is 1.17. The molecule has 1 heterocycles. The van der Waals surface area contributed by atoms with Gasteiger partial charge in [0.25, 0.3) is 0 Å². The molecule has 0 amide bonds. The molecule has 1 saturated heterocycles. The second-order valence-corrected chi connectivity index (χ2v) is 6.62. The molecule has 116 valence electrons. The molecule has 4 heteroatoms. The van der Waals surface area contributed by atoms with Crippen molar-refractivity contribution in [3.8, 4) is 0 Å². The van der Waals surface area contributed by atoms with Gasteiger partial charge in [-0.1, -0.05) is 36.4 Å². The monoisotopic (exact) mass is 317 g/mol. The number of morpholine rings is 1. The topological polar surface area (TPSA) is 21.3 Å². The zero-order chi connectivity index (χ0) is 15.4. The van der Waals surface area contributed by atoms with Crippen LogP contribution in [0, 0.1) is 12.7 Å². The smallest absolute Gasteiger partial charge is 0.127 e. The molecule has 1 fully saturated rings. The number of halogens is 1. The lowest BCUT2D eigenvalue weighted by Gasteiger charge is -2.31. The molecule has 0 aliphatic carbocycles. The summed E-state index contributed by atoms with van der Waals surface area (Å²) in [6, 6.07) is 15.2. The van der Waals surface area contributed by atoms with E-state index in [1.165, 1.54) is 16.5 Å². The van der Waals surface area contributed by atoms with Gasteiger partial charge in [0, 0.05) is 23.5 Å². The lowest BCUT2D eigenvalue weighted by Crippen LogP contribution is -2.41. The molecule has 0 unspecified atom stereocenters. The minimum Gasteiger partial charge on any atom is -0.374 e. The van der Waals surface area contributed by atoms with Gasteiger partial charge in [0.2, 0.25) is 0 Å². The highest BCUT2D eigenvalue weighted by molar-refractivity contribution is 7.99. The molecule has 0 aromatic heterocycles. The number of rotatable bonds is 4. The SMILES string of the molecule is Cc1ccccc1S[C@@H](c1ccccc1F)[C@@H]1CNCCO1. The van der Waals surface area contributed by atoms with Crippen LogP contribution in [0.1, 0.15) is 16.4 Å². The number of nitrogens with one attached hydrogen (secondary N) is 1. The molecule has 2 atom stereocenters. The average Bonchev–Trinajstić information content (AvgIpc) is 2.56. The minimum absolute atomic E-state index is 0.0322. The van der Waals surface area contributed by atoms with Crippen LogP contribution in [-0.4, -0.2) is 25.8 Å². The van der Waals surface area contributed by atoms with Crippen molar-refractivity contribution in [2.75, 3.05) is 19.7 Å². The first-order valence-corrected chi connectivity index (χ1v) is 8.42. The molecular weight excluding hydrogens is 297 g/mol. The van der Waals surface area contributed by atoms with Crippen molar-refractivity contribution in [3.63, 3.8) is 0 Å². The zero-order valence-corrected chi connectivity index (χ0v) is 13.4. The van der Waals surface area contributed by atoms with Crippen LogP contribution in [0.4, 0.5) is 4.39 Å². The zero-order valence-electron chi connectivity index (χ0n) is 12.6. The predicted molar refractivity (Wildman–Crippen MR) is 88.8 cm³/mol. The minimum atomic E-state index is -0.164. The molecule has 0 radical (unpaired) electrons. The van der Waals surface area contributed by atoms with E-state index in [4.69, 9.17) is 4.74 Å². The number of ether oxygens (including phenoxy) is 1. The first-order valence-electron chi connectivity index (χ1n) is 7.55. The maximum atomic E-state index is 14.3. The van der Waals surface area contributed by atoms with Crippen molar-refractivity contribution in [2.45, 2.75) is 23.2 Å². The Balaban J connectivity index is 1.92. The fourth-order valence-electron chi connectivity index (χ4n) is 2.65. The highest BCUT2D eigenvalue weighted by Gasteiger charge is 2.29. The quantitative estimate of drug-likeness (QED) is 0.863. The van der Waals surface area contributed by atoms with E-state index in [9.17, 15) is 4.39 Å². The second-order valence-electron chi connectivity index (χ2n) is 5.44. The van der Waals surface area contributed by atoms with Gasteiger partial charge in [-0.25, -0.2) is 4.39 Å². The molecule has 0 saturated carbocycles. The number of hydrogen-bond acceptors (Lipinski definition) is 3. The molecule has 3 rings (SSSR count). The van der Waals surface area contributed by atoms with Crippen LogP contribution < -0.4 is 5.32 Å². The highest BCUT2D eigenvalue weighted by Crippen LogP contribution is 2.41. The van der Waals surface area contributed by atoms with Gasteiger partial charge in [0.1, 0.15) is 5.82 Å². The molecular formula is C18H20FNOS. The third-order valence-corrected chi connectivity index (χ3v) is 5.38. The Morgan fingerprint density at radius 1 is 1.18 bits per heavy atom. The van der Waals surface area contributed by atoms with Gasteiger partial charge < -0.3 is 10.1 Å². The van der Waals surface area contributed by atoms with Crippen molar-refractivity contribution in [1.82, 2.24) is 5.32 Å². The normalized spacial score (nSPS) is 19.8. The maximum Gasteiger partial charge on any atom is 0.127 e. The summed E-state index contributed by atoms with van der Waals surface area (Å²) in [5.74, 6) is -0.164. The number of aryl methyl sites for hydroxylation is 1. The first kappa shape index (κ1) is 15.5. The maximum absolute atomic E-state index is 14.3. The van der Waals surface area contributed by atoms with Crippen molar-refractivity contribution >= 4 is 11.8 Å². The van der Waals surface area contributed by atoms with Gasteiger partial charge in [-0.15, -0.1) is 11.8 Å². The van der Waals surface area contributed by atoms with Crippen molar-refractivity contribution in [1.29, 1.82) is 0 Å². The van der Waals surface area contributed by atoms with Gasteiger partial charge in [-0.2, -0.15) is 0 Å². The van der Waals surface area contributed by atoms with E-state index < -0.39 is 0 Å². The molecule has 0 bridgehead atoms. The number of hydrogen-bond donors (Lipinski definition) is 1. The molecule has 0 spiro atoms.